The molecule has 0 aliphatic carbocycles. The smallest absolute Gasteiger partial charge is 0.244 e. The topological polar surface area (TPSA) is 72.6 Å². The highest BCUT2D eigenvalue weighted by Crippen LogP contribution is 2.28. The normalized spacial score (nSPS) is 22.0. The van der Waals surface area contributed by atoms with Crippen LogP contribution in [0.1, 0.15) is 6.92 Å². The number of ether oxygens (including phenoxy) is 1. The second-order valence-corrected chi connectivity index (χ2v) is 6.50. The molecular formula is C11H15ClN2O3S. The van der Waals surface area contributed by atoms with Gasteiger partial charge in [0.25, 0.3) is 0 Å². The summed E-state index contributed by atoms with van der Waals surface area (Å²) in [6.07, 6.45) is 0. The van der Waals surface area contributed by atoms with Crippen molar-refractivity contribution in [1.29, 1.82) is 0 Å². The Morgan fingerprint density at radius 1 is 1.50 bits per heavy atom. The minimum Gasteiger partial charge on any atom is -0.399 e. The fourth-order valence-electron chi connectivity index (χ4n) is 1.92. The molecule has 1 aromatic rings. The predicted molar refractivity (Wildman–Crippen MR) is 70.0 cm³/mol. The van der Waals surface area contributed by atoms with Crippen molar-refractivity contribution in [1.82, 2.24) is 4.31 Å². The standard InChI is InChI=1S/C11H15ClN2O3S/c1-8-7-17-5-4-14(8)18(15,16)11-3-2-9(13)6-10(11)12/h2-3,6,8H,4-5,7,13H2,1H3/t8-/m1/s1. The van der Waals surface area contributed by atoms with Gasteiger partial charge in [0.15, 0.2) is 0 Å². The molecule has 1 aliphatic heterocycles. The van der Waals surface area contributed by atoms with Gasteiger partial charge in [0.2, 0.25) is 10.0 Å². The SMILES string of the molecule is C[C@@H]1COCCN1S(=O)(=O)c1ccc(N)cc1Cl. The Bertz CT molecular complexity index is 547. The van der Waals surface area contributed by atoms with Gasteiger partial charge in [-0.3, -0.25) is 0 Å². The van der Waals surface area contributed by atoms with Crippen molar-refractivity contribution < 1.29 is 13.2 Å². The lowest BCUT2D eigenvalue weighted by Gasteiger charge is -2.32. The summed E-state index contributed by atoms with van der Waals surface area (Å²) in [5, 5.41) is 0.147. The van der Waals surface area contributed by atoms with Gasteiger partial charge in [-0.15, -0.1) is 0 Å². The minimum absolute atomic E-state index is 0.0899. The van der Waals surface area contributed by atoms with Crippen LogP contribution in [0.25, 0.3) is 0 Å². The zero-order valence-electron chi connectivity index (χ0n) is 9.97. The minimum atomic E-state index is -3.59. The Hall–Kier alpha value is -0.820. The van der Waals surface area contributed by atoms with Gasteiger partial charge in [-0.05, 0) is 25.1 Å². The monoisotopic (exact) mass is 290 g/mol. The zero-order valence-corrected chi connectivity index (χ0v) is 11.5. The van der Waals surface area contributed by atoms with Crippen LogP contribution in [0.15, 0.2) is 23.1 Å². The van der Waals surface area contributed by atoms with Crippen LogP contribution >= 0.6 is 11.6 Å². The van der Waals surface area contributed by atoms with E-state index in [-0.39, 0.29) is 16.0 Å². The molecular weight excluding hydrogens is 276 g/mol. The molecule has 0 spiro atoms. The molecule has 7 heteroatoms. The lowest BCUT2D eigenvalue weighted by molar-refractivity contribution is 0.0393. The van der Waals surface area contributed by atoms with Crippen LogP contribution < -0.4 is 5.73 Å². The van der Waals surface area contributed by atoms with E-state index >= 15 is 0 Å². The molecule has 0 unspecified atom stereocenters. The molecule has 1 fully saturated rings. The molecule has 1 aliphatic rings. The van der Waals surface area contributed by atoms with Gasteiger partial charge in [0, 0.05) is 18.3 Å². The van der Waals surface area contributed by atoms with E-state index in [1.165, 1.54) is 22.5 Å². The molecule has 0 saturated carbocycles. The Labute approximate surface area is 112 Å². The number of anilines is 1. The first-order valence-electron chi connectivity index (χ1n) is 5.57. The van der Waals surface area contributed by atoms with Crippen LogP contribution in [0.4, 0.5) is 5.69 Å². The van der Waals surface area contributed by atoms with E-state index in [9.17, 15) is 8.42 Å². The van der Waals surface area contributed by atoms with Crippen LogP contribution in [0, 0.1) is 0 Å². The lowest BCUT2D eigenvalue weighted by Crippen LogP contribution is -2.47. The first-order chi connectivity index (χ1) is 8.43. The fraction of sp³-hybridized carbons (Fsp3) is 0.455. The molecule has 2 N–H and O–H groups in total. The highest BCUT2D eigenvalue weighted by Gasteiger charge is 2.32. The Kier molecular flexibility index (Phi) is 3.82. The Morgan fingerprint density at radius 2 is 2.22 bits per heavy atom. The summed E-state index contributed by atoms with van der Waals surface area (Å²) in [6, 6.07) is 4.22. The highest BCUT2D eigenvalue weighted by atomic mass is 35.5. The fourth-order valence-corrected chi connectivity index (χ4v) is 4.05. The number of hydrogen-bond donors (Lipinski definition) is 1. The molecule has 1 heterocycles. The summed E-state index contributed by atoms with van der Waals surface area (Å²) in [5.74, 6) is 0. The maximum absolute atomic E-state index is 12.5. The van der Waals surface area contributed by atoms with E-state index in [0.717, 1.165) is 0 Å². The number of nitrogens with zero attached hydrogens (tertiary/aromatic N) is 1. The van der Waals surface area contributed by atoms with Crippen molar-refractivity contribution in [3.8, 4) is 0 Å². The molecule has 5 nitrogen and oxygen atoms in total. The quantitative estimate of drug-likeness (QED) is 0.834. The summed E-state index contributed by atoms with van der Waals surface area (Å²) >= 11 is 5.96. The van der Waals surface area contributed by atoms with Gasteiger partial charge in [-0.25, -0.2) is 8.42 Å². The van der Waals surface area contributed by atoms with Gasteiger partial charge in [-0.1, -0.05) is 11.6 Å². The van der Waals surface area contributed by atoms with Crippen LogP contribution in [0.5, 0.6) is 0 Å². The molecule has 18 heavy (non-hydrogen) atoms. The molecule has 0 radical (unpaired) electrons. The molecule has 100 valence electrons. The average Bonchev–Trinajstić information content (AvgIpc) is 2.28. The predicted octanol–water partition coefficient (Wildman–Crippen LogP) is 1.33. The Balaban J connectivity index is 2.41. The zero-order chi connectivity index (χ0) is 13.3. The molecule has 1 saturated heterocycles. The molecule has 0 aromatic heterocycles. The number of morpholine rings is 1. The number of benzene rings is 1. The van der Waals surface area contributed by atoms with Gasteiger partial charge in [-0.2, -0.15) is 4.31 Å². The van der Waals surface area contributed by atoms with E-state index in [4.69, 9.17) is 22.1 Å². The third-order valence-corrected chi connectivity index (χ3v) is 5.35. The van der Waals surface area contributed by atoms with Gasteiger partial charge in [0.05, 0.1) is 18.2 Å². The molecule has 1 aromatic carbocycles. The van der Waals surface area contributed by atoms with E-state index < -0.39 is 10.0 Å². The highest BCUT2D eigenvalue weighted by molar-refractivity contribution is 7.89. The summed E-state index contributed by atoms with van der Waals surface area (Å²) < 4.78 is 31.6. The summed E-state index contributed by atoms with van der Waals surface area (Å²) in [4.78, 5) is 0.0899. The van der Waals surface area contributed by atoms with Crippen LogP contribution in [0.2, 0.25) is 5.02 Å². The molecule has 0 amide bonds. The van der Waals surface area contributed by atoms with Crippen LogP contribution in [0.3, 0.4) is 0 Å². The van der Waals surface area contributed by atoms with Gasteiger partial charge >= 0.3 is 0 Å². The van der Waals surface area contributed by atoms with E-state index in [0.29, 0.717) is 25.4 Å². The second-order valence-electron chi connectivity index (χ2n) is 4.23. The van der Waals surface area contributed by atoms with Gasteiger partial charge in [0.1, 0.15) is 4.90 Å². The number of rotatable bonds is 2. The van der Waals surface area contributed by atoms with Crippen molar-refractivity contribution in [3.05, 3.63) is 23.2 Å². The van der Waals surface area contributed by atoms with E-state index in [1.54, 1.807) is 0 Å². The maximum Gasteiger partial charge on any atom is 0.244 e. The van der Waals surface area contributed by atoms with Crippen molar-refractivity contribution in [2.75, 3.05) is 25.5 Å². The number of sulfonamides is 1. The first kappa shape index (κ1) is 13.6. The lowest BCUT2D eigenvalue weighted by atomic mass is 10.3. The maximum atomic E-state index is 12.5. The van der Waals surface area contributed by atoms with Gasteiger partial charge < -0.3 is 10.5 Å². The molecule has 0 bridgehead atoms. The summed E-state index contributed by atoms with van der Waals surface area (Å²) in [6.45, 7) is 2.94. The number of hydrogen-bond acceptors (Lipinski definition) is 4. The number of nitrogens with two attached hydrogens (primary N) is 1. The van der Waals surface area contributed by atoms with Crippen molar-refractivity contribution >= 4 is 27.3 Å². The Morgan fingerprint density at radius 3 is 2.83 bits per heavy atom. The molecule has 1 atom stereocenters. The summed E-state index contributed by atoms with van der Waals surface area (Å²) in [5.41, 5.74) is 6.00. The van der Waals surface area contributed by atoms with Crippen molar-refractivity contribution in [2.45, 2.75) is 17.9 Å². The van der Waals surface area contributed by atoms with Crippen LogP contribution in [-0.4, -0.2) is 38.5 Å². The van der Waals surface area contributed by atoms with E-state index in [2.05, 4.69) is 0 Å². The van der Waals surface area contributed by atoms with Crippen molar-refractivity contribution in [3.63, 3.8) is 0 Å². The van der Waals surface area contributed by atoms with Crippen molar-refractivity contribution in [2.24, 2.45) is 0 Å². The number of halogens is 1. The van der Waals surface area contributed by atoms with E-state index in [1.807, 2.05) is 6.92 Å². The third-order valence-electron chi connectivity index (χ3n) is 2.85. The average molecular weight is 291 g/mol. The second kappa shape index (κ2) is 5.05. The number of nitrogen functional groups attached to an aromatic ring is 1. The van der Waals surface area contributed by atoms with Crippen LogP contribution in [-0.2, 0) is 14.8 Å². The molecule has 2 rings (SSSR count). The largest absolute Gasteiger partial charge is 0.399 e. The first-order valence-corrected chi connectivity index (χ1v) is 7.39. The summed E-state index contributed by atoms with van der Waals surface area (Å²) in [7, 11) is -3.59. The third kappa shape index (κ3) is 2.47.